The van der Waals surface area contributed by atoms with E-state index in [0.717, 1.165) is 81.3 Å². The van der Waals surface area contributed by atoms with Crippen LogP contribution >= 0.6 is 11.3 Å². The van der Waals surface area contributed by atoms with Crippen molar-refractivity contribution in [1.82, 2.24) is 19.4 Å². The van der Waals surface area contributed by atoms with Gasteiger partial charge in [0.25, 0.3) is 5.91 Å². The van der Waals surface area contributed by atoms with Gasteiger partial charge in [0.15, 0.2) is 0 Å². The fourth-order valence-corrected chi connectivity index (χ4v) is 6.51. The number of fused-ring (bicyclic) bond motifs is 1. The van der Waals surface area contributed by atoms with Gasteiger partial charge in [0, 0.05) is 36.5 Å². The van der Waals surface area contributed by atoms with E-state index in [4.69, 9.17) is 4.98 Å². The lowest BCUT2D eigenvalue weighted by Gasteiger charge is -2.25. The fourth-order valence-electron chi connectivity index (χ4n) is 5.76. The summed E-state index contributed by atoms with van der Waals surface area (Å²) >= 11 is 1.84. The molecule has 1 aromatic carbocycles. The second-order valence-electron chi connectivity index (χ2n) is 12.6. The van der Waals surface area contributed by atoms with Gasteiger partial charge in [-0.15, -0.1) is 11.3 Å². The van der Waals surface area contributed by atoms with E-state index in [9.17, 15) is 4.79 Å². The van der Waals surface area contributed by atoms with Gasteiger partial charge in [0.05, 0.1) is 11.0 Å². The quantitative estimate of drug-likeness (QED) is 0.187. The number of likely N-dealkylation sites (tertiary alicyclic amines) is 1. The highest BCUT2D eigenvalue weighted by molar-refractivity contribution is 7.09. The minimum absolute atomic E-state index is 0.166. The summed E-state index contributed by atoms with van der Waals surface area (Å²) in [4.78, 5) is 25.1. The number of carbonyl (C=O) groups excluding carboxylic acids is 1. The Morgan fingerprint density at radius 2 is 1.65 bits per heavy atom. The first kappa shape index (κ1) is 30.8. The first-order valence-electron chi connectivity index (χ1n) is 15.9. The van der Waals surface area contributed by atoms with Gasteiger partial charge in [-0.05, 0) is 106 Å². The summed E-state index contributed by atoms with van der Waals surface area (Å²) in [7, 11) is 0. The summed E-state index contributed by atoms with van der Waals surface area (Å²) in [6.45, 7) is 15.2. The molecule has 0 radical (unpaired) electrons. The molecule has 3 heterocycles. The number of hydrogen-bond donors (Lipinski definition) is 0. The standard InChI is InChI=1S/C34H52N4OS/c1-27(2)17-23-37(24-18-28(3)4)34(39)29-15-16-31-32(26-29)38(22-11-21-36-19-7-5-6-8-20-36)33(35-31)14-9-12-30-13-10-25-40-30/h10,13,15-16,25-28H,5-9,11-12,14,17-24H2,1-4H3. The number of benzene rings is 1. The Labute approximate surface area is 247 Å². The molecule has 0 atom stereocenters. The van der Waals surface area contributed by atoms with E-state index in [2.05, 4.69) is 71.7 Å². The first-order chi connectivity index (χ1) is 19.4. The van der Waals surface area contributed by atoms with E-state index in [1.165, 1.54) is 49.5 Å². The molecule has 1 saturated heterocycles. The summed E-state index contributed by atoms with van der Waals surface area (Å²) in [5.74, 6) is 2.50. The molecule has 6 heteroatoms. The molecule has 1 amide bonds. The lowest BCUT2D eigenvalue weighted by Crippen LogP contribution is -2.34. The molecule has 5 nitrogen and oxygen atoms in total. The van der Waals surface area contributed by atoms with Crippen LogP contribution in [0.1, 0.15) is 100 Å². The molecule has 3 aromatic rings. The van der Waals surface area contributed by atoms with Gasteiger partial charge in [-0.3, -0.25) is 4.79 Å². The molecule has 1 fully saturated rings. The van der Waals surface area contributed by atoms with Crippen molar-refractivity contribution in [1.29, 1.82) is 0 Å². The van der Waals surface area contributed by atoms with E-state index in [1.54, 1.807) is 0 Å². The largest absolute Gasteiger partial charge is 0.339 e. The Bertz CT molecular complexity index is 1150. The normalized spacial score (nSPS) is 14.8. The van der Waals surface area contributed by atoms with Crippen LogP contribution in [0.5, 0.6) is 0 Å². The third-order valence-electron chi connectivity index (χ3n) is 8.27. The van der Waals surface area contributed by atoms with Crippen molar-refractivity contribution < 1.29 is 4.79 Å². The maximum absolute atomic E-state index is 13.8. The third kappa shape index (κ3) is 9.17. The molecule has 4 rings (SSSR count). The topological polar surface area (TPSA) is 41.4 Å². The van der Waals surface area contributed by atoms with Gasteiger partial charge in [-0.25, -0.2) is 4.98 Å². The van der Waals surface area contributed by atoms with Crippen molar-refractivity contribution in [3.63, 3.8) is 0 Å². The Morgan fingerprint density at radius 3 is 2.30 bits per heavy atom. The van der Waals surface area contributed by atoms with Crippen LogP contribution < -0.4 is 0 Å². The summed E-state index contributed by atoms with van der Waals surface area (Å²) in [6, 6.07) is 10.6. The van der Waals surface area contributed by atoms with E-state index in [-0.39, 0.29) is 5.91 Å². The molecule has 1 aliphatic heterocycles. The minimum Gasteiger partial charge on any atom is -0.339 e. The predicted molar refractivity (Wildman–Crippen MR) is 170 cm³/mol. The van der Waals surface area contributed by atoms with Crippen LogP contribution in [0.15, 0.2) is 35.7 Å². The summed E-state index contributed by atoms with van der Waals surface area (Å²) in [5.41, 5.74) is 2.95. The third-order valence-corrected chi connectivity index (χ3v) is 9.21. The molecular formula is C34H52N4OS. The van der Waals surface area contributed by atoms with Gasteiger partial charge in [0.1, 0.15) is 5.82 Å². The minimum atomic E-state index is 0.166. The molecule has 0 spiro atoms. The highest BCUT2D eigenvalue weighted by atomic mass is 32.1. The lowest BCUT2D eigenvalue weighted by molar-refractivity contribution is 0.0741. The molecule has 220 valence electrons. The maximum atomic E-state index is 13.8. The lowest BCUT2D eigenvalue weighted by atomic mass is 10.1. The van der Waals surface area contributed by atoms with Crippen molar-refractivity contribution >= 4 is 28.3 Å². The van der Waals surface area contributed by atoms with E-state index >= 15 is 0 Å². The van der Waals surface area contributed by atoms with Gasteiger partial charge < -0.3 is 14.4 Å². The van der Waals surface area contributed by atoms with Gasteiger partial charge in [-0.1, -0.05) is 46.6 Å². The zero-order valence-corrected chi connectivity index (χ0v) is 26.4. The Kier molecular flexibility index (Phi) is 12.1. The number of aromatic nitrogens is 2. The van der Waals surface area contributed by atoms with Crippen molar-refractivity contribution in [2.24, 2.45) is 11.8 Å². The number of carbonyl (C=O) groups is 1. The SMILES string of the molecule is CC(C)CCN(CCC(C)C)C(=O)c1ccc2nc(CCCc3cccs3)n(CCCN3CCCCCC3)c2c1. The molecule has 0 N–H and O–H groups in total. The number of rotatable bonds is 15. The van der Waals surface area contributed by atoms with Crippen LogP contribution in [0, 0.1) is 11.8 Å². The van der Waals surface area contributed by atoms with Crippen LogP contribution in [0.25, 0.3) is 11.0 Å². The molecule has 0 saturated carbocycles. The second kappa shape index (κ2) is 15.7. The molecule has 2 aromatic heterocycles. The Hall–Kier alpha value is -2.18. The zero-order chi connectivity index (χ0) is 28.3. The highest BCUT2D eigenvalue weighted by Crippen LogP contribution is 2.23. The van der Waals surface area contributed by atoms with Crippen LogP contribution in [0.2, 0.25) is 0 Å². The number of nitrogens with zero attached hydrogens (tertiary/aromatic N) is 4. The average molecular weight is 565 g/mol. The predicted octanol–water partition coefficient (Wildman–Crippen LogP) is 8.07. The van der Waals surface area contributed by atoms with Gasteiger partial charge >= 0.3 is 0 Å². The van der Waals surface area contributed by atoms with Crippen LogP contribution in [-0.4, -0.2) is 58.0 Å². The maximum Gasteiger partial charge on any atom is 0.253 e. The highest BCUT2D eigenvalue weighted by Gasteiger charge is 2.19. The average Bonchev–Trinajstić information content (AvgIpc) is 3.48. The molecule has 1 aliphatic rings. The smallest absolute Gasteiger partial charge is 0.253 e. The van der Waals surface area contributed by atoms with E-state index in [0.29, 0.717) is 11.8 Å². The summed E-state index contributed by atoms with van der Waals surface area (Å²) in [5, 5.41) is 2.16. The van der Waals surface area contributed by atoms with Crippen molar-refractivity contribution in [2.75, 3.05) is 32.7 Å². The van der Waals surface area contributed by atoms with Crippen molar-refractivity contribution in [3.05, 3.63) is 52.0 Å². The second-order valence-corrected chi connectivity index (χ2v) is 13.6. The number of aryl methyl sites for hydroxylation is 3. The molecule has 0 unspecified atom stereocenters. The molecule has 0 bridgehead atoms. The number of hydrogen-bond acceptors (Lipinski definition) is 4. The molecule has 0 aliphatic carbocycles. The van der Waals surface area contributed by atoms with E-state index < -0.39 is 0 Å². The fraction of sp³-hybridized carbons (Fsp3) is 0.647. The monoisotopic (exact) mass is 564 g/mol. The Morgan fingerprint density at radius 1 is 0.925 bits per heavy atom. The first-order valence-corrected chi connectivity index (χ1v) is 16.8. The molecule has 40 heavy (non-hydrogen) atoms. The summed E-state index contributed by atoms with van der Waals surface area (Å²) < 4.78 is 2.44. The van der Waals surface area contributed by atoms with Crippen LogP contribution in [0.3, 0.4) is 0 Å². The van der Waals surface area contributed by atoms with Gasteiger partial charge in [-0.2, -0.15) is 0 Å². The van der Waals surface area contributed by atoms with Crippen molar-refractivity contribution in [3.8, 4) is 0 Å². The summed E-state index contributed by atoms with van der Waals surface area (Å²) in [6.07, 6.45) is 11.8. The van der Waals surface area contributed by atoms with Gasteiger partial charge in [0.2, 0.25) is 0 Å². The number of amides is 1. The molecular weight excluding hydrogens is 512 g/mol. The van der Waals surface area contributed by atoms with Crippen LogP contribution in [-0.2, 0) is 19.4 Å². The number of imidazole rings is 1. The zero-order valence-electron chi connectivity index (χ0n) is 25.5. The van der Waals surface area contributed by atoms with Crippen LogP contribution in [0.4, 0.5) is 0 Å². The Balaban J connectivity index is 1.54. The van der Waals surface area contributed by atoms with E-state index in [1.807, 2.05) is 17.4 Å². The van der Waals surface area contributed by atoms with Crippen molar-refractivity contribution in [2.45, 2.75) is 98.4 Å². The number of thiophene rings is 1.